The lowest BCUT2D eigenvalue weighted by Gasteiger charge is -2.33. The summed E-state index contributed by atoms with van der Waals surface area (Å²) in [6.07, 6.45) is 8.47. The molecule has 0 spiro atoms. The van der Waals surface area contributed by atoms with E-state index in [2.05, 4.69) is 33.2 Å². The Balaban J connectivity index is 1.40. The summed E-state index contributed by atoms with van der Waals surface area (Å²) >= 11 is 0. The maximum atomic E-state index is 12.1. The second kappa shape index (κ2) is 8.42. The first-order chi connectivity index (χ1) is 11.7. The van der Waals surface area contributed by atoms with E-state index in [1.165, 1.54) is 0 Å². The molecule has 24 heavy (non-hydrogen) atoms. The van der Waals surface area contributed by atoms with Crippen molar-refractivity contribution in [2.45, 2.75) is 64.0 Å². The Bertz CT molecular complexity index is 538. The lowest BCUT2D eigenvalue weighted by molar-refractivity contribution is -0.122. The SMILES string of the molecule is CCc1cc(N2CCC(NC(=O)CC[C@@H]3CCCO3)CC2)ncn1. The number of nitrogens with zero attached hydrogens (tertiary/aromatic N) is 3. The summed E-state index contributed by atoms with van der Waals surface area (Å²) in [6.45, 7) is 4.81. The molecule has 3 rings (SSSR count). The van der Waals surface area contributed by atoms with Gasteiger partial charge in [0, 0.05) is 43.9 Å². The first-order valence-corrected chi connectivity index (χ1v) is 9.21. The van der Waals surface area contributed by atoms with Crippen LogP contribution in [0, 0.1) is 0 Å². The first-order valence-electron chi connectivity index (χ1n) is 9.21. The molecular formula is C18H28N4O2. The summed E-state index contributed by atoms with van der Waals surface area (Å²) in [7, 11) is 0. The van der Waals surface area contributed by atoms with Crippen molar-refractivity contribution in [3.8, 4) is 0 Å². The number of nitrogens with one attached hydrogen (secondary N) is 1. The van der Waals surface area contributed by atoms with Gasteiger partial charge in [-0.05, 0) is 38.5 Å². The van der Waals surface area contributed by atoms with Gasteiger partial charge in [0.2, 0.25) is 5.91 Å². The average molecular weight is 332 g/mol. The molecule has 2 fully saturated rings. The average Bonchev–Trinajstić information content (AvgIpc) is 3.14. The van der Waals surface area contributed by atoms with Gasteiger partial charge in [0.1, 0.15) is 12.1 Å². The van der Waals surface area contributed by atoms with Crippen molar-refractivity contribution >= 4 is 11.7 Å². The van der Waals surface area contributed by atoms with Crippen molar-refractivity contribution in [3.05, 3.63) is 18.1 Å². The number of anilines is 1. The third-order valence-corrected chi connectivity index (χ3v) is 4.97. The van der Waals surface area contributed by atoms with E-state index in [-0.39, 0.29) is 11.9 Å². The highest BCUT2D eigenvalue weighted by Crippen LogP contribution is 2.19. The van der Waals surface area contributed by atoms with E-state index in [9.17, 15) is 4.79 Å². The van der Waals surface area contributed by atoms with Crippen LogP contribution in [0.15, 0.2) is 12.4 Å². The molecule has 6 nitrogen and oxygen atoms in total. The molecule has 0 aliphatic carbocycles. The Morgan fingerprint density at radius 3 is 2.88 bits per heavy atom. The zero-order valence-corrected chi connectivity index (χ0v) is 14.5. The zero-order chi connectivity index (χ0) is 16.8. The van der Waals surface area contributed by atoms with E-state index in [1.54, 1.807) is 6.33 Å². The summed E-state index contributed by atoms with van der Waals surface area (Å²) < 4.78 is 5.58. The molecule has 6 heteroatoms. The van der Waals surface area contributed by atoms with Gasteiger partial charge < -0.3 is 15.0 Å². The number of ether oxygens (including phenoxy) is 1. The van der Waals surface area contributed by atoms with Crippen molar-refractivity contribution in [2.75, 3.05) is 24.6 Å². The van der Waals surface area contributed by atoms with Crippen LogP contribution in [0.1, 0.15) is 51.1 Å². The highest BCUT2D eigenvalue weighted by molar-refractivity contribution is 5.76. The van der Waals surface area contributed by atoms with Crippen molar-refractivity contribution in [3.63, 3.8) is 0 Å². The molecule has 2 aliphatic heterocycles. The molecule has 1 N–H and O–H groups in total. The van der Waals surface area contributed by atoms with Gasteiger partial charge in [0.25, 0.3) is 0 Å². The third kappa shape index (κ3) is 4.66. The number of aryl methyl sites for hydroxylation is 1. The molecule has 1 amide bonds. The molecule has 3 heterocycles. The first kappa shape index (κ1) is 17.1. The molecule has 0 aromatic carbocycles. The number of carbonyl (C=O) groups excluding carboxylic acids is 1. The second-order valence-corrected chi connectivity index (χ2v) is 6.72. The van der Waals surface area contributed by atoms with Crippen LogP contribution in [-0.2, 0) is 16.0 Å². The summed E-state index contributed by atoms with van der Waals surface area (Å²) in [5.74, 6) is 1.17. The van der Waals surface area contributed by atoms with Gasteiger partial charge in [-0.3, -0.25) is 4.79 Å². The fourth-order valence-electron chi connectivity index (χ4n) is 3.47. The molecule has 1 aromatic heterocycles. The number of aromatic nitrogens is 2. The lowest BCUT2D eigenvalue weighted by Crippen LogP contribution is -2.45. The van der Waals surface area contributed by atoms with E-state index in [4.69, 9.17) is 4.74 Å². The van der Waals surface area contributed by atoms with Crippen LogP contribution in [-0.4, -0.2) is 47.7 Å². The van der Waals surface area contributed by atoms with Gasteiger partial charge in [0.15, 0.2) is 0 Å². The molecule has 0 radical (unpaired) electrons. The van der Waals surface area contributed by atoms with Crippen LogP contribution in [0.2, 0.25) is 0 Å². The van der Waals surface area contributed by atoms with E-state index >= 15 is 0 Å². The lowest BCUT2D eigenvalue weighted by atomic mass is 10.0. The summed E-state index contributed by atoms with van der Waals surface area (Å²) in [4.78, 5) is 23.0. The molecule has 0 bridgehead atoms. The number of carbonyl (C=O) groups is 1. The molecule has 1 atom stereocenters. The van der Waals surface area contributed by atoms with Gasteiger partial charge in [-0.25, -0.2) is 9.97 Å². The van der Waals surface area contributed by atoms with Crippen molar-refractivity contribution in [1.29, 1.82) is 0 Å². The second-order valence-electron chi connectivity index (χ2n) is 6.72. The zero-order valence-electron chi connectivity index (χ0n) is 14.5. The number of rotatable bonds is 6. The van der Waals surface area contributed by atoms with Crippen molar-refractivity contribution < 1.29 is 9.53 Å². The van der Waals surface area contributed by atoms with Crippen LogP contribution < -0.4 is 10.2 Å². The fraction of sp³-hybridized carbons (Fsp3) is 0.722. The van der Waals surface area contributed by atoms with Crippen LogP contribution in [0.4, 0.5) is 5.82 Å². The predicted molar refractivity (Wildman–Crippen MR) is 93.0 cm³/mol. The molecule has 2 aliphatic rings. The molecular weight excluding hydrogens is 304 g/mol. The standard InChI is InChI=1S/C18H28N4O2/c1-2-14-12-17(20-13-19-14)22-9-7-15(8-10-22)21-18(23)6-5-16-4-3-11-24-16/h12-13,15-16H,2-11H2,1H3,(H,21,23)/t16-/m0/s1. The Morgan fingerprint density at radius 1 is 1.33 bits per heavy atom. The molecule has 0 saturated carbocycles. The van der Waals surface area contributed by atoms with Crippen LogP contribution >= 0.6 is 0 Å². The van der Waals surface area contributed by atoms with E-state index in [1.807, 2.05) is 0 Å². The predicted octanol–water partition coefficient (Wildman–Crippen LogP) is 2.08. The van der Waals surface area contributed by atoms with Gasteiger partial charge in [-0.2, -0.15) is 0 Å². The maximum Gasteiger partial charge on any atom is 0.220 e. The molecule has 0 unspecified atom stereocenters. The van der Waals surface area contributed by atoms with Crippen LogP contribution in [0.25, 0.3) is 0 Å². The quantitative estimate of drug-likeness (QED) is 0.864. The maximum absolute atomic E-state index is 12.1. The summed E-state index contributed by atoms with van der Waals surface area (Å²) in [6, 6.07) is 2.35. The fourth-order valence-corrected chi connectivity index (χ4v) is 3.47. The highest BCUT2D eigenvalue weighted by atomic mass is 16.5. The third-order valence-electron chi connectivity index (χ3n) is 4.97. The van der Waals surface area contributed by atoms with E-state index < -0.39 is 0 Å². The normalized spacial score (nSPS) is 21.9. The van der Waals surface area contributed by atoms with Gasteiger partial charge in [0.05, 0.1) is 6.10 Å². The Kier molecular flexibility index (Phi) is 6.01. The van der Waals surface area contributed by atoms with Crippen LogP contribution in [0.3, 0.4) is 0 Å². The molecule has 1 aromatic rings. The van der Waals surface area contributed by atoms with E-state index in [0.29, 0.717) is 12.5 Å². The minimum atomic E-state index is 0.166. The molecule has 132 valence electrons. The number of piperidine rings is 1. The monoisotopic (exact) mass is 332 g/mol. The summed E-state index contributed by atoms with van der Waals surface area (Å²) in [5.41, 5.74) is 1.07. The smallest absolute Gasteiger partial charge is 0.220 e. The Hall–Kier alpha value is -1.69. The number of hydrogen-bond donors (Lipinski definition) is 1. The number of amides is 1. The van der Waals surface area contributed by atoms with E-state index in [0.717, 1.165) is 69.7 Å². The summed E-state index contributed by atoms with van der Waals surface area (Å²) in [5, 5.41) is 3.18. The topological polar surface area (TPSA) is 67.4 Å². The largest absolute Gasteiger partial charge is 0.378 e. The minimum Gasteiger partial charge on any atom is -0.378 e. The highest BCUT2D eigenvalue weighted by Gasteiger charge is 2.22. The van der Waals surface area contributed by atoms with Crippen molar-refractivity contribution in [2.24, 2.45) is 0 Å². The van der Waals surface area contributed by atoms with Gasteiger partial charge in [-0.15, -0.1) is 0 Å². The van der Waals surface area contributed by atoms with Gasteiger partial charge in [-0.1, -0.05) is 6.92 Å². The Morgan fingerprint density at radius 2 is 2.17 bits per heavy atom. The van der Waals surface area contributed by atoms with Gasteiger partial charge >= 0.3 is 0 Å². The Labute approximate surface area is 144 Å². The van der Waals surface area contributed by atoms with Crippen molar-refractivity contribution in [1.82, 2.24) is 15.3 Å². The minimum absolute atomic E-state index is 0.166. The van der Waals surface area contributed by atoms with Crippen LogP contribution in [0.5, 0.6) is 0 Å². The molecule has 2 saturated heterocycles. The number of hydrogen-bond acceptors (Lipinski definition) is 5.